The molecule has 21 heavy (non-hydrogen) atoms. The van der Waals surface area contributed by atoms with Crippen LogP contribution in [0.1, 0.15) is 19.3 Å². The zero-order valence-electron chi connectivity index (χ0n) is 11.6. The van der Waals surface area contributed by atoms with Crippen LogP contribution in [0.4, 0.5) is 5.69 Å². The molecule has 4 nitrogen and oxygen atoms in total. The number of rotatable bonds is 4. The molecular formula is C15H17Cl2N3O. The second kappa shape index (κ2) is 7.65. The van der Waals surface area contributed by atoms with E-state index in [2.05, 4.69) is 16.3 Å². The van der Waals surface area contributed by atoms with Crippen LogP contribution >= 0.6 is 23.2 Å². The lowest BCUT2D eigenvalue weighted by molar-refractivity contribution is -0.121. The molecule has 1 aromatic carbocycles. The third kappa shape index (κ3) is 4.60. The Hall–Kier alpha value is -1.28. The van der Waals surface area contributed by atoms with Crippen LogP contribution in [-0.4, -0.2) is 30.4 Å². The van der Waals surface area contributed by atoms with Crippen LogP contribution in [0.15, 0.2) is 18.2 Å². The van der Waals surface area contributed by atoms with Crippen molar-refractivity contribution in [1.82, 2.24) is 4.90 Å². The maximum Gasteiger partial charge on any atom is 0.227 e. The Morgan fingerprint density at radius 3 is 2.71 bits per heavy atom. The van der Waals surface area contributed by atoms with E-state index in [0.717, 1.165) is 32.5 Å². The average molecular weight is 326 g/mol. The molecule has 2 rings (SSSR count). The van der Waals surface area contributed by atoms with Crippen molar-refractivity contribution in [2.75, 3.05) is 25.0 Å². The van der Waals surface area contributed by atoms with Gasteiger partial charge in [0.25, 0.3) is 0 Å². The van der Waals surface area contributed by atoms with E-state index in [-0.39, 0.29) is 11.8 Å². The predicted molar refractivity (Wildman–Crippen MR) is 84.5 cm³/mol. The highest BCUT2D eigenvalue weighted by Crippen LogP contribution is 2.27. The molecular weight excluding hydrogens is 309 g/mol. The highest BCUT2D eigenvalue weighted by Gasteiger charge is 2.25. The maximum atomic E-state index is 12.3. The van der Waals surface area contributed by atoms with E-state index in [4.69, 9.17) is 28.5 Å². The highest BCUT2D eigenvalue weighted by atomic mass is 35.5. The summed E-state index contributed by atoms with van der Waals surface area (Å²) in [5.41, 5.74) is 0.595. The number of benzene rings is 1. The van der Waals surface area contributed by atoms with E-state index < -0.39 is 0 Å². The predicted octanol–water partition coefficient (Wildman–Crippen LogP) is 3.56. The van der Waals surface area contributed by atoms with Gasteiger partial charge >= 0.3 is 0 Å². The molecule has 1 amide bonds. The Kier molecular flexibility index (Phi) is 5.86. The normalized spacial score (nSPS) is 16.4. The molecule has 1 aromatic rings. The van der Waals surface area contributed by atoms with Crippen molar-refractivity contribution in [3.8, 4) is 6.07 Å². The molecule has 0 spiro atoms. The fraction of sp³-hybridized carbons (Fsp3) is 0.467. The first kappa shape index (κ1) is 16.1. The van der Waals surface area contributed by atoms with Gasteiger partial charge in [-0.3, -0.25) is 4.79 Å². The van der Waals surface area contributed by atoms with Gasteiger partial charge in [0.05, 0.1) is 16.8 Å². The van der Waals surface area contributed by atoms with Gasteiger partial charge in [-0.15, -0.1) is 0 Å². The number of piperidine rings is 1. The van der Waals surface area contributed by atoms with Gasteiger partial charge < -0.3 is 10.2 Å². The van der Waals surface area contributed by atoms with Gasteiger partial charge in [0, 0.05) is 23.9 Å². The molecule has 0 aliphatic carbocycles. The van der Waals surface area contributed by atoms with Crippen molar-refractivity contribution in [2.24, 2.45) is 5.92 Å². The molecule has 1 fully saturated rings. The largest absolute Gasteiger partial charge is 0.325 e. The van der Waals surface area contributed by atoms with E-state index in [9.17, 15) is 4.79 Å². The highest BCUT2D eigenvalue weighted by molar-refractivity contribution is 6.36. The molecule has 1 aliphatic heterocycles. The number of nitrogens with one attached hydrogen (secondary N) is 1. The number of halogens is 2. The van der Waals surface area contributed by atoms with Crippen molar-refractivity contribution >= 4 is 34.8 Å². The molecule has 6 heteroatoms. The minimum absolute atomic E-state index is 0.000782. The standard InChI is InChI=1S/C15H17Cl2N3O/c16-12-2-3-14(13(17)10-12)19-15(21)11-4-8-20(9-5-11)7-1-6-18/h2-3,10-11H,1,4-5,7-9H2,(H,19,21). The number of hydrogen-bond acceptors (Lipinski definition) is 3. The Labute approximate surface area is 134 Å². The third-order valence-corrected chi connectivity index (χ3v) is 4.24. The first-order valence-electron chi connectivity index (χ1n) is 6.95. The lowest BCUT2D eigenvalue weighted by Crippen LogP contribution is -2.38. The van der Waals surface area contributed by atoms with Crippen molar-refractivity contribution < 1.29 is 4.79 Å². The van der Waals surface area contributed by atoms with E-state index in [1.54, 1.807) is 18.2 Å². The zero-order chi connectivity index (χ0) is 15.2. The van der Waals surface area contributed by atoms with Crippen molar-refractivity contribution in [3.63, 3.8) is 0 Å². The van der Waals surface area contributed by atoms with Crippen LogP contribution in [0, 0.1) is 17.2 Å². The number of nitriles is 1. The van der Waals surface area contributed by atoms with E-state index >= 15 is 0 Å². The fourth-order valence-electron chi connectivity index (χ4n) is 2.45. The Morgan fingerprint density at radius 1 is 1.38 bits per heavy atom. The van der Waals surface area contributed by atoms with Crippen LogP contribution in [0.3, 0.4) is 0 Å². The van der Waals surface area contributed by atoms with Crippen LogP contribution in [-0.2, 0) is 4.79 Å². The topological polar surface area (TPSA) is 56.1 Å². The average Bonchev–Trinajstić information content (AvgIpc) is 2.48. The zero-order valence-corrected chi connectivity index (χ0v) is 13.1. The first-order chi connectivity index (χ1) is 10.1. The number of carbonyl (C=O) groups is 1. The number of carbonyl (C=O) groups excluding carboxylic acids is 1. The molecule has 1 heterocycles. The van der Waals surface area contributed by atoms with Crippen molar-refractivity contribution in [2.45, 2.75) is 19.3 Å². The minimum Gasteiger partial charge on any atom is -0.325 e. The van der Waals surface area contributed by atoms with Gasteiger partial charge in [0.2, 0.25) is 5.91 Å². The van der Waals surface area contributed by atoms with E-state index in [1.807, 2.05) is 0 Å². The van der Waals surface area contributed by atoms with E-state index in [0.29, 0.717) is 22.2 Å². The maximum absolute atomic E-state index is 12.3. The third-order valence-electron chi connectivity index (χ3n) is 3.69. The summed E-state index contributed by atoms with van der Waals surface area (Å²) >= 11 is 11.9. The van der Waals surface area contributed by atoms with Gasteiger partial charge in [0.1, 0.15) is 0 Å². The van der Waals surface area contributed by atoms with Gasteiger partial charge in [-0.25, -0.2) is 0 Å². The lowest BCUT2D eigenvalue weighted by Gasteiger charge is -2.30. The molecule has 112 valence electrons. The van der Waals surface area contributed by atoms with Gasteiger partial charge in [-0.2, -0.15) is 5.26 Å². The molecule has 0 saturated carbocycles. The summed E-state index contributed by atoms with van der Waals surface area (Å²) < 4.78 is 0. The van der Waals surface area contributed by atoms with Crippen molar-refractivity contribution in [1.29, 1.82) is 5.26 Å². The molecule has 0 atom stereocenters. The molecule has 0 aromatic heterocycles. The monoisotopic (exact) mass is 325 g/mol. The molecule has 0 unspecified atom stereocenters. The molecule has 0 bridgehead atoms. The van der Waals surface area contributed by atoms with Crippen LogP contribution < -0.4 is 5.32 Å². The molecule has 0 radical (unpaired) electrons. The molecule has 1 aliphatic rings. The second-order valence-corrected chi connectivity index (χ2v) is 5.98. The number of nitrogens with zero attached hydrogens (tertiary/aromatic N) is 2. The Bertz CT molecular complexity index is 548. The number of hydrogen-bond donors (Lipinski definition) is 1. The second-order valence-electron chi connectivity index (χ2n) is 5.14. The Morgan fingerprint density at radius 2 is 2.10 bits per heavy atom. The van der Waals surface area contributed by atoms with Crippen LogP contribution in [0.2, 0.25) is 10.0 Å². The summed E-state index contributed by atoms with van der Waals surface area (Å²) in [7, 11) is 0. The summed E-state index contributed by atoms with van der Waals surface area (Å²) in [5.74, 6) is -0.00534. The smallest absolute Gasteiger partial charge is 0.227 e. The van der Waals surface area contributed by atoms with Crippen molar-refractivity contribution in [3.05, 3.63) is 28.2 Å². The number of anilines is 1. The summed E-state index contributed by atoms with van der Waals surface area (Å²) in [4.78, 5) is 14.5. The lowest BCUT2D eigenvalue weighted by atomic mass is 9.95. The summed E-state index contributed by atoms with van der Waals surface area (Å²) in [6, 6.07) is 7.18. The molecule has 1 N–H and O–H groups in total. The summed E-state index contributed by atoms with van der Waals surface area (Å²) in [6.45, 7) is 2.50. The SMILES string of the molecule is N#CCCN1CCC(C(=O)Nc2ccc(Cl)cc2Cl)CC1. The fourth-order valence-corrected chi connectivity index (χ4v) is 2.91. The first-order valence-corrected chi connectivity index (χ1v) is 7.71. The molecule has 1 saturated heterocycles. The van der Waals surface area contributed by atoms with Crippen LogP contribution in [0.5, 0.6) is 0 Å². The van der Waals surface area contributed by atoms with Gasteiger partial charge in [-0.05, 0) is 44.1 Å². The van der Waals surface area contributed by atoms with Gasteiger partial charge in [0.15, 0.2) is 0 Å². The number of amides is 1. The summed E-state index contributed by atoms with van der Waals surface area (Å²) in [6.07, 6.45) is 2.15. The summed E-state index contributed by atoms with van der Waals surface area (Å²) in [5, 5.41) is 12.4. The Balaban J connectivity index is 1.86. The van der Waals surface area contributed by atoms with E-state index in [1.165, 1.54) is 0 Å². The quantitative estimate of drug-likeness (QED) is 0.920. The minimum atomic E-state index is -0.00456. The van der Waals surface area contributed by atoms with Gasteiger partial charge in [-0.1, -0.05) is 23.2 Å². The number of likely N-dealkylation sites (tertiary alicyclic amines) is 1. The van der Waals surface area contributed by atoms with Crippen LogP contribution in [0.25, 0.3) is 0 Å².